The van der Waals surface area contributed by atoms with Crippen molar-refractivity contribution in [2.75, 3.05) is 0 Å². The zero-order valence-electron chi connectivity index (χ0n) is 24.5. The maximum atomic E-state index is 3.72. The van der Waals surface area contributed by atoms with Crippen LogP contribution in [0.25, 0.3) is 0 Å². The summed E-state index contributed by atoms with van der Waals surface area (Å²) >= 11 is 0. The van der Waals surface area contributed by atoms with E-state index in [4.69, 9.17) is 0 Å². The van der Waals surface area contributed by atoms with E-state index in [0.717, 1.165) is 6.42 Å². The average Bonchev–Trinajstić information content (AvgIpc) is 3.18. The number of halogens is 3. The van der Waals surface area contributed by atoms with Crippen molar-refractivity contribution < 1.29 is 58.9 Å². The molecule has 1 aliphatic carbocycles. The molecule has 0 N–H and O–H groups in total. The first kappa shape index (κ1) is 37.9. The van der Waals surface area contributed by atoms with Crippen LogP contribution in [0.4, 0.5) is 0 Å². The van der Waals surface area contributed by atoms with Crippen LogP contribution >= 0.6 is 0 Å². The molecule has 0 radical (unpaired) electrons. The Morgan fingerprint density at radius 1 is 0.590 bits per heavy atom. The Hall–Kier alpha value is -1.06. The zero-order valence-corrected chi connectivity index (χ0v) is 29.3. The molecule has 1 aliphatic rings. The minimum absolute atomic E-state index is 0. The van der Waals surface area contributed by atoms with Gasteiger partial charge >= 0.3 is 21.7 Å². The monoisotopic (exact) mass is 630 g/mol. The molecule has 206 valence electrons. The molecule has 0 atom stereocenters. The molecule has 3 aromatic carbocycles. The number of hydrogen-bond acceptors (Lipinski definition) is 0. The maximum Gasteiger partial charge on any atom is 4.00 e. The van der Waals surface area contributed by atoms with Crippen LogP contribution in [0.5, 0.6) is 0 Å². The number of rotatable bonds is 7. The van der Waals surface area contributed by atoms with E-state index in [1.807, 2.05) is 0 Å². The third-order valence-corrected chi connectivity index (χ3v) is 12.7. The second kappa shape index (κ2) is 15.8. The first-order valence-electron chi connectivity index (χ1n) is 13.3. The van der Waals surface area contributed by atoms with Crippen LogP contribution in [0.2, 0.25) is 0 Å². The molecule has 3 aromatic rings. The molecule has 4 rings (SSSR count). The van der Waals surface area contributed by atoms with E-state index >= 15 is 0 Å². The van der Waals surface area contributed by atoms with E-state index in [-0.39, 0.29) is 58.9 Å². The standard InChI is InChI=1S/C34H41Si.3ClH.Ti/c1-23(2)28-12-9-15-31(20-28)35(34-19-26(7)18-27(34)8,32-16-10-13-29(21-32)24(3)4)33-17-11-14-30(22-33)25(5)6;;;;/h9-17,20-25H,19H2,1-8H3;3*1H;/q-1;;;;+4/p-3. The number of hydrogen-bond donors (Lipinski definition) is 0. The topological polar surface area (TPSA) is 0 Å². The van der Waals surface area contributed by atoms with E-state index in [1.54, 1.807) is 5.20 Å². The third-order valence-electron chi connectivity index (χ3n) is 7.71. The molecule has 0 spiro atoms. The Balaban J connectivity index is 0.00000361. The first-order chi connectivity index (χ1) is 16.6. The minimum atomic E-state index is -2.53. The van der Waals surface area contributed by atoms with Crippen molar-refractivity contribution in [3.05, 3.63) is 112 Å². The summed E-state index contributed by atoms with van der Waals surface area (Å²) in [5, 5.41) is 6.09. The van der Waals surface area contributed by atoms with E-state index in [2.05, 4.69) is 134 Å². The Morgan fingerprint density at radius 2 is 0.923 bits per heavy atom. The summed E-state index contributed by atoms with van der Waals surface area (Å²) in [4.78, 5) is 0. The smallest absolute Gasteiger partial charge is 1.00 e. The van der Waals surface area contributed by atoms with Gasteiger partial charge in [0.15, 0.2) is 0 Å². The molecule has 39 heavy (non-hydrogen) atoms. The number of allylic oxidation sites excluding steroid dienone is 4. The summed E-state index contributed by atoms with van der Waals surface area (Å²) in [5.41, 5.74) is 6.96. The van der Waals surface area contributed by atoms with Gasteiger partial charge in [-0.3, -0.25) is 0 Å². The second-order valence-corrected chi connectivity index (χ2v) is 15.1. The van der Waals surface area contributed by atoms with Crippen molar-refractivity contribution in [2.45, 2.75) is 79.6 Å². The predicted octanol–water partition coefficient (Wildman–Crippen LogP) is -1.45. The Morgan fingerprint density at radius 3 is 1.18 bits per heavy atom. The molecule has 0 saturated carbocycles. The van der Waals surface area contributed by atoms with Crippen LogP contribution in [0.1, 0.15) is 96.3 Å². The van der Waals surface area contributed by atoms with Crippen LogP contribution in [0.3, 0.4) is 0 Å². The summed E-state index contributed by atoms with van der Waals surface area (Å²) in [7, 11) is -2.53. The van der Waals surface area contributed by atoms with Gasteiger partial charge in [-0.05, 0) is 34.4 Å². The van der Waals surface area contributed by atoms with Crippen molar-refractivity contribution >= 4 is 23.6 Å². The van der Waals surface area contributed by atoms with Crippen LogP contribution < -0.4 is 52.8 Å². The van der Waals surface area contributed by atoms with Gasteiger partial charge < -0.3 is 37.2 Å². The fourth-order valence-electron chi connectivity index (χ4n) is 5.67. The molecular formula is C34H41Cl3SiTi. The van der Waals surface area contributed by atoms with E-state index in [0.29, 0.717) is 17.8 Å². The molecule has 0 bridgehead atoms. The van der Waals surface area contributed by atoms with Crippen molar-refractivity contribution in [1.82, 2.24) is 0 Å². The molecule has 0 amide bonds. The van der Waals surface area contributed by atoms with Gasteiger partial charge in [-0.25, -0.2) is 16.8 Å². The predicted molar refractivity (Wildman–Crippen MR) is 156 cm³/mol. The summed E-state index contributed by atoms with van der Waals surface area (Å²) in [6.45, 7) is 18.4. The molecule has 0 saturated heterocycles. The van der Waals surface area contributed by atoms with Crippen LogP contribution in [-0.4, -0.2) is 8.07 Å². The van der Waals surface area contributed by atoms with Gasteiger partial charge in [-0.15, -0.1) is 0 Å². The average molecular weight is 632 g/mol. The van der Waals surface area contributed by atoms with E-state index in [9.17, 15) is 0 Å². The van der Waals surface area contributed by atoms with Crippen molar-refractivity contribution in [2.24, 2.45) is 0 Å². The normalized spacial score (nSPS) is 12.9. The maximum absolute atomic E-state index is 3.72. The van der Waals surface area contributed by atoms with Crippen LogP contribution in [0.15, 0.2) is 89.1 Å². The van der Waals surface area contributed by atoms with Gasteiger partial charge in [0.05, 0.1) is 8.07 Å². The zero-order chi connectivity index (χ0) is 25.3. The molecule has 0 aliphatic heterocycles. The summed E-state index contributed by atoms with van der Waals surface area (Å²) < 4.78 is 0. The Bertz CT molecular complexity index is 1170. The molecule has 0 fully saturated rings. The molecule has 0 heterocycles. The Labute approximate surface area is 272 Å². The van der Waals surface area contributed by atoms with Gasteiger partial charge in [-0.1, -0.05) is 150 Å². The molecule has 5 heteroatoms. The summed E-state index contributed by atoms with van der Waals surface area (Å²) in [6, 6.07) is 28.6. The molecule has 0 unspecified atom stereocenters. The first-order valence-corrected chi connectivity index (χ1v) is 15.3. The van der Waals surface area contributed by atoms with Gasteiger partial charge in [0.1, 0.15) is 0 Å². The molecular weight excluding hydrogens is 591 g/mol. The van der Waals surface area contributed by atoms with Crippen molar-refractivity contribution in [3.8, 4) is 0 Å². The second-order valence-electron chi connectivity index (χ2n) is 11.3. The fraction of sp³-hybridized carbons (Fsp3) is 0.353. The van der Waals surface area contributed by atoms with E-state index in [1.165, 1.54) is 43.4 Å². The third kappa shape index (κ3) is 7.62. The largest absolute Gasteiger partial charge is 4.00 e. The fourth-order valence-corrected chi connectivity index (χ4v) is 11.1. The molecule has 0 nitrogen and oxygen atoms in total. The van der Waals surface area contributed by atoms with Gasteiger partial charge in [0, 0.05) is 0 Å². The minimum Gasteiger partial charge on any atom is -1.00 e. The van der Waals surface area contributed by atoms with Gasteiger partial charge in [-0.2, -0.15) is 5.57 Å². The van der Waals surface area contributed by atoms with Gasteiger partial charge in [0.25, 0.3) is 0 Å². The van der Waals surface area contributed by atoms with Crippen LogP contribution in [0, 0.1) is 6.08 Å². The van der Waals surface area contributed by atoms with Crippen LogP contribution in [-0.2, 0) is 21.7 Å². The van der Waals surface area contributed by atoms with Crippen molar-refractivity contribution in [3.63, 3.8) is 0 Å². The summed E-state index contributed by atoms with van der Waals surface area (Å²) in [6.07, 6.45) is 4.74. The van der Waals surface area contributed by atoms with Crippen molar-refractivity contribution in [1.29, 1.82) is 0 Å². The Kier molecular flexibility index (Phi) is 15.4. The number of benzene rings is 3. The van der Waals surface area contributed by atoms with E-state index < -0.39 is 8.07 Å². The SMILES string of the molecule is CC1=[C-]C(C)=C([Si](c2cccc(C(C)C)c2)(c2cccc(C(C)C)c2)c2cccc(C(C)C)c2)C1.[Cl-].[Cl-].[Cl-].[Ti+4]. The molecule has 0 aromatic heterocycles. The quantitative estimate of drug-likeness (QED) is 0.170. The van der Waals surface area contributed by atoms with Gasteiger partial charge in [0.2, 0.25) is 0 Å². The summed E-state index contributed by atoms with van der Waals surface area (Å²) in [5.74, 6) is 1.49.